The van der Waals surface area contributed by atoms with Crippen molar-refractivity contribution in [1.29, 1.82) is 0 Å². The van der Waals surface area contributed by atoms with E-state index < -0.39 is 28.4 Å². The second-order valence-electron chi connectivity index (χ2n) is 3.70. The predicted octanol–water partition coefficient (Wildman–Crippen LogP) is 1.69. The molecule has 0 aliphatic heterocycles. The van der Waals surface area contributed by atoms with Gasteiger partial charge in [-0.3, -0.25) is 10.1 Å². The Labute approximate surface area is 111 Å². The zero-order valence-corrected chi connectivity index (χ0v) is 10.0. The van der Waals surface area contributed by atoms with E-state index in [2.05, 4.69) is 10.6 Å². The molecule has 0 heterocycles. The summed E-state index contributed by atoms with van der Waals surface area (Å²) in [6, 6.07) is 1.57. The number of carbonyl (C=O) groups excluding carboxylic acids is 1. The molecule has 0 bridgehead atoms. The van der Waals surface area contributed by atoms with E-state index in [0.717, 1.165) is 12.1 Å². The summed E-state index contributed by atoms with van der Waals surface area (Å²) >= 11 is 0. The van der Waals surface area contributed by atoms with Crippen LogP contribution in [0.1, 0.15) is 5.56 Å². The van der Waals surface area contributed by atoms with Crippen molar-refractivity contribution in [2.24, 2.45) is 5.73 Å². The lowest BCUT2D eigenvalue weighted by molar-refractivity contribution is -0.385. The first-order valence-electron chi connectivity index (χ1n) is 5.34. The van der Waals surface area contributed by atoms with Crippen LogP contribution in [0.25, 0.3) is 0 Å². The molecule has 20 heavy (non-hydrogen) atoms. The third kappa shape index (κ3) is 4.30. The highest BCUT2D eigenvalue weighted by atomic mass is 19.4. The van der Waals surface area contributed by atoms with E-state index in [4.69, 9.17) is 5.73 Å². The number of amides is 2. The van der Waals surface area contributed by atoms with Gasteiger partial charge in [0.2, 0.25) is 0 Å². The number of alkyl halides is 3. The van der Waals surface area contributed by atoms with Gasteiger partial charge in [0.25, 0.3) is 5.69 Å². The summed E-state index contributed by atoms with van der Waals surface area (Å²) in [7, 11) is 0. The van der Waals surface area contributed by atoms with Gasteiger partial charge in [0.05, 0.1) is 10.5 Å². The van der Waals surface area contributed by atoms with Gasteiger partial charge in [-0.2, -0.15) is 13.2 Å². The summed E-state index contributed by atoms with van der Waals surface area (Å²) in [5.74, 6) is 0. The fourth-order valence-electron chi connectivity index (χ4n) is 1.42. The lowest BCUT2D eigenvalue weighted by Gasteiger charge is -2.14. The Bertz CT molecular complexity index is 519. The standard InChI is InChI=1S/C10H11F3N4O3/c11-10(12,13)7-5-6(17(19)20)1-2-8(7)15-3-4-16-9(14)18/h1-2,5,15H,3-4H2,(H3,14,16,18). The van der Waals surface area contributed by atoms with Gasteiger partial charge >= 0.3 is 12.2 Å². The van der Waals surface area contributed by atoms with Crippen LogP contribution in [0, 0.1) is 10.1 Å². The number of hydrogen-bond acceptors (Lipinski definition) is 4. The zero-order valence-electron chi connectivity index (χ0n) is 10.0. The van der Waals surface area contributed by atoms with Crippen LogP contribution >= 0.6 is 0 Å². The smallest absolute Gasteiger partial charge is 0.383 e. The molecule has 110 valence electrons. The quantitative estimate of drug-likeness (QED) is 0.435. The van der Waals surface area contributed by atoms with E-state index in [1.807, 2.05) is 0 Å². The van der Waals surface area contributed by atoms with Crippen molar-refractivity contribution in [2.75, 3.05) is 18.4 Å². The zero-order chi connectivity index (χ0) is 15.3. The first kappa shape index (κ1) is 15.5. The Kier molecular flexibility index (Phi) is 4.73. The minimum atomic E-state index is -4.73. The molecule has 1 aromatic rings. The van der Waals surface area contributed by atoms with Crippen LogP contribution in [-0.2, 0) is 6.18 Å². The lowest BCUT2D eigenvalue weighted by atomic mass is 10.1. The maximum absolute atomic E-state index is 12.8. The molecule has 4 N–H and O–H groups in total. The van der Waals surface area contributed by atoms with E-state index in [1.165, 1.54) is 0 Å². The van der Waals surface area contributed by atoms with E-state index in [1.54, 1.807) is 0 Å². The molecule has 0 aliphatic carbocycles. The molecule has 7 nitrogen and oxygen atoms in total. The van der Waals surface area contributed by atoms with Crippen molar-refractivity contribution in [2.45, 2.75) is 6.18 Å². The van der Waals surface area contributed by atoms with Crippen molar-refractivity contribution < 1.29 is 22.9 Å². The van der Waals surface area contributed by atoms with Crippen LogP contribution in [0.15, 0.2) is 18.2 Å². The number of nitrogens with two attached hydrogens (primary N) is 1. The number of halogens is 3. The van der Waals surface area contributed by atoms with Crippen molar-refractivity contribution in [1.82, 2.24) is 5.32 Å². The van der Waals surface area contributed by atoms with Gasteiger partial charge in [-0.05, 0) is 6.07 Å². The molecule has 0 fully saturated rings. The summed E-state index contributed by atoms with van der Waals surface area (Å²) < 4.78 is 38.3. The molecule has 2 amide bonds. The third-order valence-corrected chi connectivity index (χ3v) is 2.26. The molecule has 0 radical (unpaired) electrons. The number of non-ortho nitro benzene ring substituents is 1. The fourth-order valence-corrected chi connectivity index (χ4v) is 1.42. The number of hydrogen-bond donors (Lipinski definition) is 3. The molecule has 10 heteroatoms. The minimum absolute atomic E-state index is 0.0101. The molecule has 1 rings (SSSR count). The van der Waals surface area contributed by atoms with Gasteiger partial charge in [0.15, 0.2) is 0 Å². The van der Waals surface area contributed by atoms with Gasteiger partial charge < -0.3 is 16.4 Å². The number of nitro groups is 1. The summed E-state index contributed by atoms with van der Waals surface area (Å²) in [6.07, 6.45) is -4.73. The number of anilines is 1. The van der Waals surface area contributed by atoms with Crippen molar-refractivity contribution >= 4 is 17.4 Å². The first-order valence-corrected chi connectivity index (χ1v) is 5.34. The molecule has 0 aliphatic rings. The maximum atomic E-state index is 12.8. The Balaban J connectivity index is 2.89. The van der Waals surface area contributed by atoms with Crippen molar-refractivity contribution in [3.05, 3.63) is 33.9 Å². The predicted molar refractivity (Wildman–Crippen MR) is 64.2 cm³/mol. The summed E-state index contributed by atoms with van der Waals surface area (Å²) in [4.78, 5) is 20.0. The summed E-state index contributed by atoms with van der Waals surface area (Å²) in [5, 5.41) is 15.1. The second kappa shape index (κ2) is 6.08. The molecule has 0 unspecified atom stereocenters. The highest BCUT2D eigenvalue weighted by Crippen LogP contribution is 2.36. The van der Waals surface area contributed by atoms with Gasteiger partial charge in [-0.15, -0.1) is 0 Å². The largest absolute Gasteiger partial charge is 0.418 e. The normalized spacial score (nSPS) is 10.9. The Hall–Kier alpha value is -2.52. The molecule has 0 saturated heterocycles. The van der Waals surface area contributed by atoms with Gasteiger partial charge in [-0.1, -0.05) is 0 Å². The van der Waals surface area contributed by atoms with Gasteiger partial charge in [0.1, 0.15) is 0 Å². The Morgan fingerprint density at radius 1 is 1.35 bits per heavy atom. The van der Waals surface area contributed by atoms with E-state index in [-0.39, 0.29) is 18.8 Å². The number of nitro benzene ring substituents is 1. The molecular formula is C10H11F3N4O3. The highest BCUT2D eigenvalue weighted by molar-refractivity contribution is 5.71. The van der Waals surface area contributed by atoms with Gasteiger partial charge in [-0.25, -0.2) is 4.79 Å². The number of carbonyl (C=O) groups is 1. The summed E-state index contributed by atoms with van der Waals surface area (Å²) in [6.45, 7) is 0.00739. The van der Waals surface area contributed by atoms with Crippen LogP contribution in [0.2, 0.25) is 0 Å². The van der Waals surface area contributed by atoms with Crippen LogP contribution in [-0.4, -0.2) is 24.0 Å². The maximum Gasteiger partial charge on any atom is 0.418 e. The average Bonchev–Trinajstić information content (AvgIpc) is 2.33. The number of primary amides is 1. The molecule has 0 spiro atoms. The molecule has 1 aromatic carbocycles. The monoisotopic (exact) mass is 292 g/mol. The van der Waals surface area contributed by atoms with E-state index in [9.17, 15) is 28.1 Å². The van der Waals surface area contributed by atoms with Crippen molar-refractivity contribution in [3.63, 3.8) is 0 Å². The Morgan fingerprint density at radius 2 is 2.00 bits per heavy atom. The average molecular weight is 292 g/mol. The minimum Gasteiger partial charge on any atom is -0.383 e. The summed E-state index contributed by atoms with van der Waals surface area (Å²) in [5.41, 5.74) is 2.68. The number of rotatable bonds is 5. The molecular weight excluding hydrogens is 281 g/mol. The number of nitrogens with zero attached hydrogens (tertiary/aromatic N) is 1. The highest BCUT2D eigenvalue weighted by Gasteiger charge is 2.35. The van der Waals surface area contributed by atoms with Crippen LogP contribution < -0.4 is 16.4 Å². The topological polar surface area (TPSA) is 110 Å². The number of benzene rings is 1. The fraction of sp³-hybridized carbons (Fsp3) is 0.300. The number of urea groups is 1. The van der Waals surface area contributed by atoms with Crippen LogP contribution in [0.5, 0.6) is 0 Å². The SMILES string of the molecule is NC(=O)NCCNc1ccc([N+](=O)[O-])cc1C(F)(F)F. The van der Waals surface area contributed by atoms with E-state index in [0.29, 0.717) is 6.07 Å². The first-order chi connectivity index (χ1) is 9.21. The van der Waals surface area contributed by atoms with Gasteiger partial charge in [0, 0.05) is 30.9 Å². The van der Waals surface area contributed by atoms with Crippen LogP contribution in [0.3, 0.4) is 0 Å². The van der Waals surface area contributed by atoms with Crippen molar-refractivity contribution in [3.8, 4) is 0 Å². The molecule has 0 atom stereocenters. The molecule has 0 saturated carbocycles. The number of nitrogens with one attached hydrogen (secondary N) is 2. The Morgan fingerprint density at radius 3 is 2.50 bits per heavy atom. The lowest BCUT2D eigenvalue weighted by Crippen LogP contribution is -2.33. The second-order valence-corrected chi connectivity index (χ2v) is 3.70. The van der Waals surface area contributed by atoms with Crippen LogP contribution in [0.4, 0.5) is 29.3 Å². The molecule has 0 aromatic heterocycles. The van der Waals surface area contributed by atoms with E-state index >= 15 is 0 Å². The third-order valence-electron chi connectivity index (χ3n) is 2.26.